The Bertz CT molecular complexity index is 633. The molecule has 0 heterocycles. The van der Waals surface area contributed by atoms with E-state index in [0.29, 0.717) is 0 Å². The molecule has 1 unspecified atom stereocenters. The van der Waals surface area contributed by atoms with Crippen molar-refractivity contribution >= 4 is 18.5 Å². The second kappa shape index (κ2) is 7.76. The molecule has 0 bridgehead atoms. The zero-order valence-corrected chi connectivity index (χ0v) is 13.6. The highest BCUT2D eigenvalue weighted by Crippen LogP contribution is 2.43. The Morgan fingerprint density at radius 3 is 2.14 bits per heavy atom. The predicted molar refractivity (Wildman–Crippen MR) is 96.9 cm³/mol. The van der Waals surface area contributed by atoms with Crippen molar-refractivity contribution in [1.29, 1.82) is 0 Å². The Morgan fingerprint density at radius 2 is 1.57 bits per heavy atom. The lowest BCUT2D eigenvalue weighted by Crippen LogP contribution is -2.12. The first-order chi connectivity index (χ1) is 10.3. The SMILES string of the molecule is C=C/C=C\C(=C/C)P(c1ccccc1)c1ccc(C)cc1. The minimum atomic E-state index is -0.512. The monoisotopic (exact) mass is 292 g/mol. The molecule has 21 heavy (non-hydrogen) atoms. The zero-order valence-electron chi connectivity index (χ0n) is 12.7. The van der Waals surface area contributed by atoms with Gasteiger partial charge in [0, 0.05) is 0 Å². The topological polar surface area (TPSA) is 0 Å². The second-order valence-corrected chi connectivity index (χ2v) is 7.03. The van der Waals surface area contributed by atoms with E-state index in [2.05, 4.69) is 87.2 Å². The van der Waals surface area contributed by atoms with Crippen molar-refractivity contribution in [3.63, 3.8) is 0 Å². The third kappa shape index (κ3) is 4.03. The maximum absolute atomic E-state index is 3.78. The Balaban J connectivity index is 2.51. The highest BCUT2D eigenvalue weighted by molar-refractivity contribution is 7.77. The third-order valence-electron chi connectivity index (χ3n) is 3.26. The number of rotatable bonds is 5. The fourth-order valence-electron chi connectivity index (χ4n) is 2.18. The van der Waals surface area contributed by atoms with E-state index in [-0.39, 0.29) is 0 Å². The van der Waals surface area contributed by atoms with Crippen LogP contribution in [-0.4, -0.2) is 0 Å². The van der Waals surface area contributed by atoms with Crippen LogP contribution in [0.1, 0.15) is 12.5 Å². The summed E-state index contributed by atoms with van der Waals surface area (Å²) in [6, 6.07) is 19.6. The summed E-state index contributed by atoms with van der Waals surface area (Å²) >= 11 is 0. The predicted octanol–water partition coefficient (Wildman–Crippen LogP) is 5.07. The first-order valence-electron chi connectivity index (χ1n) is 7.13. The lowest BCUT2D eigenvalue weighted by Gasteiger charge is -2.20. The lowest BCUT2D eigenvalue weighted by atomic mass is 10.2. The van der Waals surface area contributed by atoms with Gasteiger partial charge in [-0.3, -0.25) is 0 Å². The van der Waals surface area contributed by atoms with Gasteiger partial charge in [0.15, 0.2) is 0 Å². The van der Waals surface area contributed by atoms with Crippen molar-refractivity contribution in [2.45, 2.75) is 13.8 Å². The Kier molecular flexibility index (Phi) is 5.72. The van der Waals surface area contributed by atoms with Gasteiger partial charge in [-0.2, -0.15) is 0 Å². The maximum atomic E-state index is 3.78. The molecular weight excluding hydrogens is 271 g/mol. The Labute approximate surface area is 129 Å². The van der Waals surface area contributed by atoms with E-state index in [0.717, 1.165) is 0 Å². The fraction of sp³-hybridized carbons (Fsp3) is 0.100. The molecule has 0 saturated carbocycles. The molecule has 0 spiro atoms. The van der Waals surface area contributed by atoms with Gasteiger partial charge in [0.1, 0.15) is 0 Å². The summed E-state index contributed by atoms with van der Waals surface area (Å²) in [6.45, 7) is 8.01. The number of benzene rings is 2. The molecule has 1 atom stereocenters. The molecule has 0 aliphatic carbocycles. The van der Waals surface area contributed by atoms with Crippen LogP contribution >= 0.6 is 7.92 Å². The van der Waals surface area contributed by atoms with Crippen LogP contribution < -0.4 is 10.6 Å². The third-order valence-corrected chi connectivity index (χ3v) is 5.82. The molecule has 106 valence electrons. The van der Waals surface area contributed by atoms with E-state index in [1.54, 1.807) is 0 Å². The summed E-state index contributed by atoms with van der Waals surface area (Å²) in [7, 11) is -0.512. The smallest absolute Gasteiger partial charge is 0.0138 e. The highest BCUT2D eigenvalue weighted by atomic mass is 31.1. The van der Waals surface area contributed by atoms with Crippen molar-refractivity contribution < 1.29 is 0 Å². The van der Waals surface area contributed by atoms with Crippen molar-refractivity contribution in [1.82, 2.24) is 0 Å². The largest absolute Gasteiger partial charge is 0.0991 e. The lowest BCUT2D eigenvalue weighted by molar-refractivity contribution is 1.49. The summed E-state index contributed by atoms with van der Waals surface area (Å²) in [4.78, 5) is 0. The van der Waals surface area contributed by atoms with Crippen LogP contribution in [0, 0.1) is 6.92 Å². The second-order valence-electron chi connectivity index (χ2n) is 4.81. The number of aryl methyl sites for hydroxylation is 1. The molecule has 0 aliphatic heterocycles. The first-order valence-corrected chi connectivity index (χ1v) is 8.47. The zero-order chi connectivity index (χ0) is 15.1. The van der Waals surface area contributed by atoms with E-state index in [4.69, 9.17) is 0 Å². The van der Waals surface area contributed by atoms with Crippen LogP contribution in [0.4, 0.5) is 0 Å². The van der Waals surface area contributed by atoms with Gasteiger partial charge in [-0.25, -0.2) is 0 Å². The molecule has 0 N–H and O–H groups in total. The fourth-order valence-corrected chi connectivity index (χ4v) is 4.49. The van der Waals surface area contributed by atoms with Crippen LogP contribution in [0.25, 0.3) is 0 Å². The normalized spacial score (nSPS) is 13.3. The van der Waals surface area contributed by atoms with Gasteiger partial charge in [-0.05, 0) is 37.7 Å². The maximum Gasteiger partial charge on any atom is -0.0138 e. The van der Waals surface area contributed by atoms with Gasteiger partial charge in [0.05, 0.1) is 0 Å². The molecule has 0 radical (unpaired) electrons. The van der Waals surface area contributed by atoms with Crippen LogP contribution in [0.2, 0.25) is 0 Å². The van der Waals surface area contributed by atoms with Gasteiger partial charge in [0.2, 0.25) is 0 Å². The average molecular weight is 292 g/mol. The molecule has 0 nitrogen and oxygen atoms in total. The Hall–Kier alpha value is -1.91. The van der Waals surface area contributed by atoms with Gasteiger partial charge in [-0.15, -0.1) is 0 Å². The van der Waals surface area contributed by atoms with Gasteiger partial charge < -0.3 is 0 Å². The molecule has 0 saturated heterocycles. The number of hydrogen-bond acceptors (Lipinski definition) is 0. The molecular formula is C20H21P. The highest BCUT2D eigenvalue weighted by Gasteiger charge is 2.16. The summed E-state index contributed by atoms with van der Waals surface area (Å²) in [5, 5.41) is 4.10. The van der Waals surface area contributed by atoms with Crippen LogP contribution in [0.3, 0.4) is 0 Å². The summed E-state index contributed by atoms with van der Waals surface area (Å²) in [5.74, 6) is 0. The summed E-state index contributed by atoms with van der Waals surface area (Å²) in [5.41, 5.74) is 1.30. The van der Waals surface area contributed by atoms with Gasteiger partial charge in [-0.1, -0.05) is 91.0 Å². The van der Waals surface area contributed by atoms with Crippen LogP contribution in [0.5, 0.6) is 0 Å². The molecule has 0 amide bonds. The van der Waals surface area contributed by atoms with Crippen LogP contribution in [-0.2, 0) is 0 Å². The van der Waals surface area contributed by atoms with Crippen molar-refractivity contribution in [2.75, 3.05) is 0 Å². The number of allylic oxidation sites excluding steroid dienone is 5. The molecule has 2 rings (SSSR count). The minimum absolute atomic E-state index is 0.512. The standard InChI is InChI=1S/C20H21P/c1-4-6-10-18(5-2)21(19-11-8-7-9-12-19)20-15-13-17(3)14-16-20/h4-16H,1H2,2-3H3/b10-6-,18-5+. The Morgan fingerprint density at radius 1 is 0.952 bits per heavy atom. The van der Waals surface area contributed by atoms with Crippen molar-refractivity contribution in [3.8, 4) is 0 Å². The summed E-state index contributed by atoms with van der Waals surface area (Å²) < 4.78 is 0. The van der Waals surface area contributed by atoms with E-state index in [1.165, 1.54) is 21.5 Å². The number of hydrogen-bond donors (Lipinski definition) is 0. The molecule has 2 aromatic rings. The van der Waals surface area contributed by atoms with Gasteiger partial charge in [0.25, 0.3) is 0 Å². The average Bonchev–Trinajstić information content (AvgIpc) is 2.53. The van der Waals surface area contributed by atoms with E-state index >= 15 is 0 Å². The van der Waals surface area contributed by atoms with Crippen LogP contribution in [0.15, 0.2) is 90.8 Å². The van der Waals surface area contributed by atoms with Crippen molar-refractivity contribution in [2.24, 2.45) is 0 Å². The van der Waals surface area contributed by atoms with E-state index < -0.39 is 7.92 Å². The molecule has 0 fully saturated rings. The van der Waals surface area contributed by atoms with E-state index in [1.807, 2.05) is 12.2 Å². The molecule has 0 aliphatic rings. The first kappa shape index (κ1) is 15.5. The quantitative estimate of drug-likeness (QED) is 0.533. The molecule has 1 heteroatoms. The molecule has 2 aromatic carbocycles. The molecule has 0 aromatic heterocycles. The van der Waals surface area contributed by atoms with E-state index in [9.17, 15) is 0 Å². The van der Waals surface area contributed by atoms with Gasteiger partial charge >= 0.3 is 0 Å². The minimum Gasteiger partial charge on any atom is -0.0991 e. The summed E-state index contributed by atoms with van der Waals surface area (Å²) in [6.07, 6.45) is 8.23. The van der Waals surface area contributed by atoms with Crippen molar-refractivity contribution in [3.05, 3.63) is 96.4 Å².